The average molecular weight is 831 g/mol. The molecule has 0 radical (unpaired) electrons. The molecular weight excluding hydrogens is 797 g/mol. The summed E-state index contributed by atoms with van der Waals surface area (Å²) in [6.07, 6.45) is 0. The van der Waals surface area contributed by atoms with Crippen molar-refractivity contribution in [2.45, 2.75) is 0 Å². The third-order valence-electron chi connectivity index (χ3n) is 13.0. The lowest BCUT2D eigenvalue weighted by atomic mass is 9.95. The Kier molecular flexibility index (Phi) is 7.59. The molecule has 0 aliphatic heterocycles. The van der Waals surface area contributed by atoms with Crippen molar-refractivity contribution in [3.63, 3.8) is 0 Å². The molecule has 0 atom stereocenters. The second-order valence-electron chi connectivity index (χ2n) is 16.7. The highest BCUT2D eigenvalue weighted by Crippen LogP contribution is 2.47. The van der Waals surface area contributed by atoms with Gasteiger partial charge in [-0.1, -0.05) is 170 Å². The molecule has 10 aromatic carbocycles. The summed E-state index contributed by atoms with van der Waals surface area (Å²) in [5.74, 6) is 1.73. The molecule has 4 heterocycles. The molecule has 0 saturated heterocycles. The van der Waals surface area contributed by atoms with E-state index in [1.807, 2.05) is 66.7 Å². The van der Waals surface area contributed by atoms with E-state index in [2.05, 4.69) is 144 Å². The first-order chi connectivity index (χ1) is 32.2. The molecule has 65 heavy (non-hydrogen) atoms. The van der Waals surface area contributed by atoms with Gasteiger partial charge in [-0.25, -0.2) is 15.0 Å². The van der Waals surface area contributed by atoms with Gasteiger partial charge in [0.05, 0.1) is 11.0 Å². The Balaban J connectivity index is 1.05. The standard InChI is InChI=1S/C59H34N4O2/c1-2-15-35(16-3-1)57-60-58(62-59(61-57)37-31-32-43-41-21-8-10-29-50(41)64-52(43)34-37)36-17-12-18-38(33-36)63-54-46(48-27-14-26-47-42-22-9-11-30-51(42)65-56(47)48)25-13-28-49(54)53-44-23-6-4-19-39(44)40-20-5-7-24-45(40)55(53)63/h1-34H. The Morgan fingerprint density at radius 3 is 1.60 bits per heavy atom. The van der Waals surface area contributed by atoms with E-state index in [4.69, 9.17) is 23.8 Å². The zero-order chi connectivity index (χ0) is 42.6. The van der Waals surface area contributed by atoms with Gasteiger partial charge in [0.25, 0.3) is 0 Å². The number of hydrogen-bond donors (Lipinski definition) is 0. The maximum absolute atomic E-state index is 6.72. The fourth-order valence-corrected chi connectivity index (χ4v) is 10.2. The average Bonchev–Trinajstić information content (AvgIpc) is 4.07. The van der Waals surface area contributed by atoms with E-state index in [0.717, 1.165) is 93.8 Å². The fourth-order valence-electron chi connectivity index (χ4n) is 10.2. The van der Waals surface area contributed by atoms with Crippen LogP contribution in [0.25, 0.3) is 138 Å². The molecular formula is C59H34N4O2. The van der Waals surface area contributed by atoms with Crippen LogP contribution in [0.2, 0.25) is 0 Å². The van der Waals surface area contributed by atoms with Gasteiger partial charge in [-0.3, -0.25) is 0 Å². The van der Waals surface area contributed by atoms with Crippen LogP contribution in [0.1, 0.15) is 0 Å². The lowest BCUT2D eigenvalue weighted by Crippen LogP contribution is -2.01. The summed E-state index contributed by atoms with van der Waals surface area (Å²) < 4.78 is 15.5. The van der Waals surface area contributed by atoms with E-state index in [9.17, 15) is 0 Å². The normalized spacial score (nSPS) is 12.0. The van der Waals surface area contributed by atoms with E-state index in [1.165, 1.54) is 26.9 Å². The van der Waals surface area contributed by atoms with Gasteiger partial charge in [-0.05, 0) is 52.6 Å². The largest absolute Gasteiger partial charge is 0.456 e. The third kappa shape index (κ3) is 5.38. The molecule has 6 nitrogen and oxygen atoms in total. The minimum Gasteiger partial charge on any atom is -0.456 e. The molecule has 14 aromatic rings. The van der Waals surface area contributed by atoms with Crippen LogP contribution in [0, 0.1) is 0 Å². The van der Waals surface area contributed by atoms with Gasteiger partial charge < -0.3 is 13.4 Å². The summed E-state index contributed by atoms with van der Waals surface area (Å²) in [4.78, 5) is 15.5. The smallest absolute Gasteiger partial charge is 0.164 e. The van der Waals surface area contributed by atoms with Gasteiger partial charge in [0.15, 0.2) is 17.5 Å². The molecule has 302 valence electrons. The Hall–Kier alpha value is -8.87. The Morgan fingerprint density at radius 1 is 0.308 bits per heavy atom. The second kappa shape index (κ2) is 13.8. The van der Waals surface area contributed by atoms with E-state index >= 15 is 0 Å². The summed E-state index contributed by atoms with van der Waals surface area (Å²) in [6.45, 7) is 0. The van der Waals surface area contributed by atoms with Gasteiger partial charge in [0, 0.05) is 71.2 Å². The first kappa shape index (κ1) is 35.7. The summed E-state index contributed by atoms with van der Waals surface area (Å²) >= 11 is 0. The fraction of sp³-hybridized carbons (Fsp3) is 0. The molecule has 0 saturated carbocycles. The molecule has 0 unspecified atom stereocenters. The quantitative estimate of drug-likeness (QED) is 0.162. The predicted octanol–water partition coefficient (Wildman–Crippen LogP) is 15.7. The number of furan rings is 2. The summed E-state index contributed by atoms with van der Waals surface area (Å²) in [7, 11) is 0. The van der Waals surface area contributed by atoms with E-state index in [-0.39, 0.29) is 0 Å². The molecule has 0 N–H and O–H groups in total. The van der Waals surface area contributed by atoms with Gasteiger partial charge in [-0.2, -0.15) is 0 Å². The number of aromatic nitrogens is 4. The Bertz CT molecular complexity index is 4250. The summed E-state index contributed by atoms with van der Waals surface area (Å²) in [5.41, 5.74) is 11.3. The second-order valence-corrected chi connectivity index (χ2v) is 16.7. The maximum Gasteiger partial charge on any atom is 0.164 e. The Morgan fingerprint density at radius 2 is 0.831 bits per heavy atom. The van der Waals surface area contributed by atoms with Crippen LogP contribution in [0.4, 0.5) is 0 Å². The minimum absolute atomic E-state index is 0.567. The first-order valence-electron chi connectivity index (χ1n) is 21.8. The summed E-state index contributed by atoms with van der Waals surface area (Å²) in [6, 6.07) is 72.1. The van der Waals surface area contributed by atoms with E-state index < -0.39 is 0 Å². The number of fused-ring (bicyclic) bond motifs is 14. The highest BCUT2D eigenvalue weighted by atomic mass is 16.3. The molecule has 14 rings (SSSR count). The van der Waals surface area contributed by atoms with Gasteiger partial charge >= 0.3 is 0 Å². The van der Waals surface area contributed by atoms with Crippen LogP contribution in [0.3, 0.4) is 0 Å². The number of nitrogens with zero attached hydrogens (tertiary/aromatic N) is 4. The van der Waals surface area contributed by atoms with Crippen molar-refractivity contribution >= 4 is 87.2 Å². The molecule has 6 heteroatoms. The van der Waals surface area contributed by atoms with Gasteiger partial charge in [0.1, 0.15) is 22.3 Å². The number of para-hydroxylation sites is 4. The third-order valence-corrected chi connectivity index (χ3v) is 13.0. The lowest BCUT2D eigenvalue weighted by molar-refractivity contribution is 0.669. The first-order valence-corrected chi connectivity index (χ1v) is 21.8. The van der Waals surface area contributed by atoms with E-state index in [1.54, 1.807) is 0 Å². The molecule has 0 fully saturated rings. The van der Waals surface area contributed by atoms with Crippen LogP contribution >= 0.6 is 0 Å². The van der Waals surface area contributed by atoms with Crippen molar-refractivity contribution in [2.24, 2.45) is 0 Å². The minimum atomic E-state index is 0.567. The maximum atomic E-state index is 6.72. The topological polar surface area (TPSA) is 69.9 Å². The molecule has 0 bridgehead atoms. The van der Waals surface area contributed by atoms with Crippen LogP contribution in [0.15, 0.2) is 215 Å². The van der Waals surface area contributed by atoms with Crippen LogP contribution in [0.5, 0.6) is 0 Å². The van der Waals surface area contributed by atoms with Gasteiger partial charge in [0.2, 0.25) is 0 Å². The summed E-state index contributed by atoms with van der Waals surface area (Å²) in [5, 5.41) is 11.5. The predicted molar refractivity (Wildman–Crippen MR) is 265 cm³/mol. The lowest BCUT2D eigenvalue weighted by Gasteiger charge is -2.15. The van der Waals surface area contributed by atoms with Crippen LogP contribution < -0.4 is 0 Å². The molecule has 0 aliphatic carbocycles. The molecule has 0 amide bonds. The Labute approximate surface area is 371 Å². The molecule has 0 aliphatic rings. The number of rotatable bonds is 5. The van der Waals surface area contributed by atoms with Crippen molar-refractivity contribution in [1.82, 2.24) is 19.5 Å². The van der Waals surface area contributed by atoms with Crippen molar-refractivity contribution in [1.29, 1.82) is 0 Å². The van der Waals surface area contributed by atoms with Crippen LogP contribution in [-0.4, -0.2) is 19.5 Å². The van der Waals surface area contributed by atoms with E-state index in [0.29, 0.717) is 17.5 Å². The zero-order valence-corrected chi connectivity index (χ0v) is 34.7. The number of hydrogen-bond acceptors (Lipinski definition) is 5. The van der Waals surface area contributed by atoms with Crippen molar-refractivity contribution < 1.29 is 8.83 Å². The zero-order valence-electron chi connectivity index (χ0n) is 34.7. The van der Waals surface area contributed by atoms with Crippen molar-refractivity contribution in [3.05, 3.63) is 206 Å². The van der Waals surface area contributed by atoms with Crippen molar-refractivity contribution in [2.75, 3.05) is 0 Å². The highest BCUT2D eigenvalue weighted by molar-refractivity contribution is 6.33. The van der Waals surface area contributed by atoms with Gasteiger partial charge in [-0.15, -0.1) is 0 Å². The monoisotopic (exact) mass is 830 g/mol. The number of benzene rings is 10. The SMILES string of the molecule is c1ccc(-c2nc(-c3cccc(-n4c5c(-c6cccc7c6oc6ccccc67)cccc5c5c6ccccc6c6ccccc6c54)c3)nc(-c3ccc4c(c3)oc3ccccc34)n2)cc1. The highest BCUT2D eigenvalue weighted by Gasteiger charge is 2.24. The molecule has 0 spiro atoms. The van der Waals surface area contributed by atoms with Crippen LogP contribution in [-0.2, 0) is 0 Å². The van der Waals surface area contributed by atoms with Crippen molar-refractivity contribution in [3.8, 4) is 51.0 Å². The molecule has 4 aromatic heterocycles.